The standard InChI is InChI=1S/C11H18N4O4/c1-4-6(2)9(10(16)17)14-11(18)12-5-8-13-7(3)15-19-8/h6,9H,4-5H2,1-3H3,(H,16,17)(H2,12,14,18). The summed E-state index contributed by atoms with van der Waals surface area (Å²) in [6, 6.07) is -1.50. The number of urea groups is 1. The van der Waals surface area contributed by atoms with E-state index in [4.69, 9.17) is 9.63 Å². The Kier molecular flexibility index (Phi) is 5.28. The molecule has 0 bridgehead atoms. The average molecular weight is 270 g/mol. The first-order chi connectivity index (χ1) is 8.93. The highest BCUT2D eigenvalue weighted by molar-refractivity contribution is 5.82. The summed E-state index contributed by atoms with van der Waals surface area (Å²) in [5.74, 6) is -0.477. The number of rotatable bonds is 6. The maximum atomic E-state index is 11.6. The quantitative estimate of drug-likeness (QED) is 0.699. The largest absolute Gasteiger partial charge is 0.480 e. The molecule has 0 saturated heterocycles. The smallest absolute Gasteiger partial charge is 0.326 e. The highest BCUT2D eigenvalue weighted by Crippen LogP contribution is 2.07. The minimum Gasteiger partial charge on any atom is -0.480 e. The molecule has 8 heteroatoms. The number of amides is 2. The van der Waals surface area contributed by atoms with Crippen LogP contribution in [0.5, 0.6) is 0 Å². The van der Waals surface area contributed by atoms with E-state index in [0.29, 0.717) is 12.2 Å². The Balaban J connectivity index is 2.46. The molecule has 0 fully saturated rings. The third-order valence-corrected chi connectivity index (χ3v) is 2.74. The van der Waals surface area contributed by atoms with Crippen molar-refractivity contribution >= 4 is 12.0 Å². The number of carbonyl (C=O) groups excluding carboxylic acids is 1. The summed E-state index contributed by atoms with van der Waals surface area (Å²) in [6.07, 6.45) is 0.653. The van der Waals surface area contributed by atoms with Crippen LogP contribution in [0.4, 0.5) is 4.79 Å². The second kappa shape index (κ2) is 6.72. The average Bonchev–Trinajstić information content (AvgIpc) is 2.78. The molecule has 106 valence electrons. The van der Waals surface area contributed by atoms with Gasteiger partial charge in [-0.1, -0.05) is 25.4 Å². The van der Waals surface area contributed by atoms with Crippen LogP contribution >= 0.6 is 0 Å². The number of hydrogen-bond acceptors (Lipinski definition) is 5. The van der Waals surface area contributed by atoms with Gasteiger partial charge in [-0.15, -0.1) is 0 Å². The number of carboxylic acid groups (broad SMARTS) is 1. The number of nitrogens with one attached hydrogen (secondary N) is 2. The van der Waals surface area contributed by atoms with Gasteiger partial charge in [0.25, 0.3) is 0 Å². The summed E-state index contributed by atoms with van der Waals surface area (Å²) >= 11 is 0. The van der Waals surface area contributed by atoms with Crippen LogP contribution in [0, 0.1) is 12.8 Å². The van der Waals surface area contributed by atoms with E-state index in [1.165, 1.54) is 0 Å². The maximum absolute atomic E-state index is 11.6. The fourth-order valence-corrected chi connectivity index (χ4v) is 1.44. The van der Waals surface area contributed by atoms with Gasteiger partial charge in [0.15, 0.2) is 5.82 Å². The lowest BCUT2D eigenvalue weighted by molar-refractivity contribution is -0.140. The van der Waals surface area contributed by atoms with Crippen molar-refractivity contribution in [3.8, 4) is 0 Å². The van der Waals surface area contributed by atoms with Crippen LogP contribution < -0.4 is 10.6 Å². The van der Waals surface area contributed by atoms with Crippen molar-refractivity contribution in [2.24, 2.45) is 5.92 Å². The first-order valence-electron chi connectivity index (χ1n) is 6.00. The summed E-state index contributed by atoms with van der Waals surface area (Å²) in [7, 11) is 0. The van der Waals surface area contributed by atoms with Gasteiger partial charge < -0.3 is 20.3 Å². The molecular formula is C11H18N4O4. The summed E-state index contributed by atoms with van der Waals surface area (Å²) in [5, 5.41) is 17.5. The SMILES string of the molecule is CCC(C)C(NC(=O)NCc1nc(C)no1)C(=O)O. The predicted octanol–water partition coefficient (Wildman–Crippen LogP) is 0.677. The highest BCUT2D eigenvalue weighted by atomic mass is 16.5. The van der Waals surface area contributed by atoms with E-state index < -0.39 is 18.0 Å². The molecule has 1 rings (SSSR count). The number of carbonyl (C=O) groups is 2. The lowest BCUT2D eigenvalue weighted by atomic mass is 9.99. The zero-order valence-corrected chi connectivity index (χ0v) is 11.1. The summed E-state index contributed by atoms with van der Waals surface area (Å²) in [6.45, 7) is 5.35. The first-order valence-corrected chi connectivity index (χ1v) is 6.00. The number of carboxylic acids is 1. The van der Waals surface area contributed by atoms with Gasteiger partial charge in [0, 0.05) is 0 Å². The van der Waals surface area contributed by atoms with Crippen molar-refractivity contribution in [2.45, 2.75) is 39.8 Å². The Hall–Kier alpha value is -2.12. The van der Waals surface area contributed by atoms with Crippen molar-refractivity contribution in [3.63, 3.8) is 0 Å². The van der Waals surface area contributed by atoms with Gasteiger partial charge in [-0.25, -0.2) is 9.59 Å². The molecule has 0 aliphatic rings. The molecule has 0 radical (unpaired) electrons. The molecule has 2 amide bonds. The number of nitrogens with zero attached hydrogens (tertiary/aromatic N) is 2. The summed E-state index contributed by atoms with van der Waals surface area (Å²) < 4.78 is 4.82. The van der Waals surface area contributed by atoms with Crippen LogP contribution in [0.15, 0.2) is 4.52 Å². The normalized spacial score (nSPS) is 13.6. The van der Waals surface area contributed by atoms with Crippen molar-refractivity contribution in [1.82, 2.24) is 20.8 Å². The van der Waals surface area contributed by atoms with Gasteiger partial charge in [0.05, 0.1) is 6.54 Å². The zero-order chi connectivity index (χ0) is 14.4. The Bertz CT molecular complexity index is 446. The molecule has 2 atom stereocenters. The van der Waals surface area contributed by atoms with E-state index in [1.807, 2.05) is 6.92 Å². The van der Waals surface area contributed by atoms with Gasteiger partial charge in [-0.05, 0) is 12.8 Å². The van der Waals surface area contributed by atoms with Crippen LogP contribution in [0.2, 0.25) is 0 Å². The molecule has 0 aliphatic carbocycles. The van der Waals surface area contributed by atoms with Crippen molar-refractivity contribution < 1.29 is 19.2 Å². The van der Waals surface area contributed by atoms with E-state index in [-0.39, 0.29) is 18.4 Å². The van der Waals surface area contributed by atoms with Gasteiger partial charge in [-0.2, -0.15) is 4.98 Å². The van der Waals surface area contributed by atoms with Gasteiger partial charge in [0.1, 0.15) is 6.04 Å². The third kappa shape index (κ3) is 4.57. The number of aliphatic carboxylic acids is 1. The molecule has 0 aromatic carbocycles. The Labute approximate surface area is 110 Å². The maximum Gasteiger partial charge on any atom is 0.326 e. The number of aromatic nitrogens is 2. The molecule has 8 nitrogen and oxygen atoms in total. The Morgan fingerprint density at radius 3 is 2.63 bits per heavy atom. The van der Waals surface area contributed by atoms with Crippen LogP contribution in [-0.2, 0) is 11.3 Å². The van der Waals surface area contributed by atoms with E-state index in [2.05, 4.69) is 20.8 Å². The van der Waals surface area contributed by atoms with Crippen molar-refractivity contribution in [2.75, 3.05) is 0 Å². The lowest BCUT2D eigenvalue weighted by Gasteiger charge is -2.20. The highest BCUT2D eigenvalue weighted by Gasteiger charge is 2.25. The minimum atomic E-state index is -1.06. The Morgan fingerprint density at radius 2 is 2.16 bits per heavy atom. The molecule has 0 saturated carbocycles. The van der Waals surface area contributed by atoms with Gasteiger partial charge >= 0.3 is 12.0 Å². The number of hydrogen-bond donors (Lipinski definition) is 3. The second-order valence-electron chi connectivity index (χ2n) is 4.26. The summed E-state index contributed by atoms with van der Waals surface area (Å²) in [4.78, 5) is 26.5. The van der Waals surface area contributed by atoms with E-state index in [1.54, 1.807) is 13.8 Å². The minimum absolute atomic E-state index is 0.0551. The molecule has 19 heavy (non-hydrogen) atoms. The fourth-order valence-electron chi connectivity index (χ4n) is 1.44. The monoisotopic (exact) mass is 270 g/mol. The summed E-state index contributed by atoms with van der Waals surface area (Å²) in [5.41, 5.74) is 0. The van der Waals surface area contributed by atoms with E-state index >= 15 is 0 Å². The molecule has 1 aromatic rings. The molecule has 0 spiro atoms. The fraction of sp³-hybridized carbons (Fsp3) is 0.636. The zero-order valence-electron chi connectivity index (χ0n) is 11.1. The lowest BCUT2D eigenvalue weighted by Crippen LogP contribution is -2.48. The van der Waals surface area contributed by atoms with Crippen LogP contribution in [0.25, 0.3) is 0 Å². The van der Waals surface area contributed by atoms with Crippen molar-refractivity contribution in [1.29, 1.82) is 0 Å². The second-order valence-corrected chi connectivity index (χ2v) is 4.26. The first kappa shape index (κ1) is 14.9. The third-order valence-electron chi connectivity index (χ3n) is 2.74. The van der Waals surface area contributed by atoms with E-state index in [0.717, 1.165) is 0 Å². The van der Waals surface area contributed by atoms with Crippen LogP contribution in [-0.4, -0.2) is 33.3 Å². The molecule has 1 heterocycles. The number of aryl methyl sites for hydroxylation is 1. The molecule has 2 unspecified atom stereocenters. The van der Waals surface area contributed by atoms with E-state index in [9.17, 15) is 9.59 Å². The van der Waals surface area contributed by atoms with Crippen LogP contribution in [0.3, 0.4) is 0 Å². The molecule has 3 N–H and O–H groups in total. The predicted molar refractivity (Wildman–Crippen MR) is 65.3 cm³/mol. The topological polar surface area (TPSA) is 117 Å². The molecule has 0 aliphatic heterocycles. The molecular weight excluding hydrogens is 252 g/mol. The van der Waals surface area contributed by atoms with Crippen LogP contribution in [0.1, 0.15) is 32.0 Å². The van der Waals surface area contributed by atoms with Crippen molar-refractivity contribution in [3.05, 3.63) is 11.7 Å². The van der Waals surface area contributed by atoms with Gasteiger partial charge in [-0.3, -0.25) is 0 Å². The van der Waals surface area contributed by atoms with Gasteiger partial charge in [0.2, 0.25) is 5.89 Å². The Morgan fingerprint density at radius 1 is 1.47 bits per heavy atom. The molecule has 1 aromatic heterocycles.